The summed E-state index contributed by atoms with van der Waals surface area (Å²) in [5, 5.41) is 54.6. The van der Waals surface area contributed by atoms with E-state index in [2.05, 4.69) is 88.0 Å². The summed E-state index contributed by atoms with van der Waals surface area (Å²) in [6.45, 7) is 0. The molecule has 0 saturated heterocycles. The van der Waals surface area contributed by atoms with Gasteiger partial charge in [0.05, 0.1) is 96.9 Å². The van der Waals surface area contributed by atoms with Gasteiger partial charge in [-0.05, 0) is 113 Å². The first-order valence-corrected chi connectivity index (χ1v) is 23.0. The van der Waals surface area contributed by atoms with Crippen LogP contribution >= 0.6 is 0 Å². The van der Waals surface area contributed by atoms with Gasteiger partial charge in [0, 0.05) is 38.2 Å². The molecule has 9 heteroatoms. The zero-order valence-electron chi connectivity index (χ0n) is 38.1. The van der Waals surface area contributed by atoms with Crippen molar-refractivity contribution in [3.8, 4) is 97.9 Å². The van der Waals surface area contributed by atoms with Crippen LogP contribution in [0.5, 0.6) is 0 Å². The molecular formula is C63H33N9. The summed E-state index contributed by atoms with van der Waals surface area (Å²) in [5.74, 6) is 0.538. The zero-order valence-corrected chi connectivity index (χ0v) is 38.1. The molecule has 9 nitrogen and oxygen atoms in total. The molecule has 0 aliphatic carbocycles. The maximum absolute atomic E-state index is 11.4. The third-order valence-electron chi connectivity index (χ3n) is 13.2. The number of rotatable bonds is 7. The minimum Gasteiger partial charge on any atom is -0.309 e. The van der Waals surface area contributed by atoms with Crippen molar-refractivity contribution in [1.82, 2.24) is 19.1 Å². The van der Waals surface area contributed by atoms with Gasteiger partial charge in [-0.1, -0.05) is 109 Å². The normalized spacial score (nSPS) is 11.0. The Morgan fingerprint density at radius 2 is 0.750 bits per heavy atom. The standard InChI is InChI=1S/C63H33N9/c64-34-39-23-40(35-65)26-47(25-39)45-19-21-59-52(29-45)50-15-7-9-17-57(50)71(59)61-32-54(56-33-55(43-11-3-1-4-12-43)69-63(70-56)44-13-5-2-6-14-44)62(31-49(61)38-68)72-58-18-10-8-16-51(58)53-30-46(20-22-60(53)72)48-27-41(36-66)24-42(28-48)37-67/h1-33H. The molecule has 72 heavy (non-hydrogen) atoms. The third-order valence-corrected chi connectivity index (χ3v) is 13.2. The molecule has 0 bridgehead atoms. The Kier molecular flexibility index (Phi) is 10.2. The van der Waals surface area contributed by atoms with Crippen LogP contribution in [0, 0.1) is 56.7 Å². The monoisotopic (exact) mass is 915 g/mol. The van der Waals surface area contributed by atoms with Crippen molar-refractivity contribution in [2.45, 2.75) is 0 Å². The molecule has 3 aromatic heterocycles. The first-order valence-electron chi connectivity index (χ1n) is 23.0. The number of fused-ring (bicyclic) bond motifs is 6. The van der Waals surface area contributed by atoms with Crippen molar-refractivity contribution in [2.75, 3.05) is 0 Å². The molecule has 0 atom stereocenters. The number of nitriles is 5. The Hall–Kier alpha value is -10.9. The molecule has 0 spiro atoms. The Balaban J connectivity index is 1.17. The molecule has 0 fully saturated rings. The third kappa shape index (κ3) is 7.15. The van der Waals surface area contributed by atoms with Gasteiger partial charge >= 0.3 is 0 Å². The number of benzene rings is 9. The van der Waals surface area contributed by atoms with E-state index in [-0.39, 0.29) is 0 Å². The van der Waals surface area contributed by atoms with Crippen molar-refractivity contribution in [3.05, 3.63) is 228 Å². The van der Waals surface area contributed by atoms with Gasteiger partial charge in [0.25, 0.3) is 0 Å². The summed E-state index contributed by atoms with van der Waals surface area (Å²) in [4.78, 5) is 10.5. The van der Waals surface area contributed by atoms with Gasteiger partial charge in [0.15, 0.2) is 5.82 Å². The van der Waals surface area contributed by atoms with Crippen molar-refractivity contribution in [2.24, 2.45) is 0 Å². The minimum absolute atomic E-state index is 0.400. The predicted octanol–water partition coefficient (Wildman–Crippen LogP) is 14.4. The van der Waals surface area contributed by atoms with Crippen LogP contribution in [-0.2, 0) is 0 Å². The number of hydrogen-bond donors (Lipinski definition) is 0. The molecule has 0 unspecified atom stereocenters. The Bertz CT molecular complexity index is 4330. The molecule has 12 rings (SSSR count). The highest BCUT2D eigenvalue weighted by Gasteiger charge is 2.24. The second-order valence-electron chi connectivity index (χ2n) is 17.4. The maximum atomic E-state index is 11.4. The highest BCUT2D eigenvalue weighted by atomic mass is 15.0. The molecule has 0 aliphatic heterocycles. The quantitative estimate of drug-likeness (QED) is 0.154. The van der Waals surface area contributed by atoms with Gasteiger partial charge in [0.1, 0.15) is 6.07 Å². The average Bonchev–Trinajstić information content (AvgIpc) is 3.96. The van der Waals surface area contributed by atoms with E-state index in [1.54, 1.807) is 36.4 Å². The van der Waals surface area contributed by atoms with Crippen molar-refractivity contribution < 1.29 is 0 Å². The molecule has 0 saturated carbocycles. The zero-order chi connectivity index (χ0) is 48.9. The molecule has 9 aromatic carbocycles. The van der Waals surface area contributed by atoms with Crippen LogP contribution in [0.4, 0.5) is 0 Å². The maximum Gasteiger partial charge on any atom is 0.160 e. The van der Waals surface area contributed by atoms with Crippen LogP contribution in [-0.4, -0.2) is 19.1 Å². The largest absolute Gasteiger partial charge is 0.309 e. The van der Waals surface area contributed by atoms with Gasteiger partial charge < -0.3 is 9.13 Å². The van der Waals surface area contributed by atoms with Crippen molar-refractivity contribution in [1.29, 1.82) is 26.3 Å². The number of para-hydroxylation sites is 2. The summed E-state index contributed by atoms with van der Waals surface area (Å²) in [6.07, 6.45) is 0. The van der Waals surface area contributed by atoms with Gasteiger partial charge in [-0.15, -0.1) is 0 Å². The van der Waals surface area contributed by atoms with E-state index < -0.39 is 0 Å². The predicted molar refractivity (Wildman–Crippen MR) is 281 cm³/mol. The van der Waals surface area contributed by atoms with E-state index in [1.807, 2.05) is 115 Å². The lowest BCUT2D eigenvalue weighted by Gasteiger charge is -2.19. The van der Waals surface area contributed by atoms with E-state index in [0.29, 0.717) is 45.0 Å². The van der Waals surface area contributed by atoms with Gasteiger partial charge in [-0.2, -0.15) is 26.3 Å². The first kappa shape index (κ1) is 42.5. The van der Waals surface area contributed by atoms with Crippen molar-refractivity contribution >= 4 is 43.6 Å². The van der Waals surface area contributed by atoms with Gasteiger partial charge in [-0.25, -0.2) is 9.97 Å². The Morgan fingerprint density at radius 1 is 0.306 bits per heavy atom. The minimum atomic E-state index is 0.400. The summed E-state index contributed by atoms with van der Waals surface area (Å²) >= 11 is 0. The van der Waals surface area contributed by atoms with E-state index in [0.717, 1.165) is 93.9 Å². The highest BCUT2D eigenvalue weighted by molar-refractivity contribution is 6.12. The van der Waals surface area contributed by atoms with Crippen LogP contribution in [0.1, 0.15) is 27.8 Å². The fourth-order valence-corrected chi connectivity index (χ4v) is 9.97. The molecule has 330 valence electrons. The molecule has 0 amide bonds. The second-order valence-corrected chi connectivity index (χ2v) is 17.4. The van der Waals surface area contributed by atoms with Gasteiger partial charge in [-0.3, -0.25) is 0 Å². The molecular weight excluding hydrogens is 883 g/mol. The van der Waals surface area contributed by atoms with Crippen LogP contribution in [0.2, 0.25) is 0 Å². The summed E-state index contributed by atoms with van der Waals surface area (Å²) in [7, 11) is 0. The SMILES string of the molecule is N#Cc1cc(C#N)cc(-c2ccc3c(c2)c2ccccc2n3-c2cc(-c3cc(-c4ccccc4)nc(-c4ccccc4)n3)c(-n3c4ccccc4c4cc(-c5cc(C#N)cc(C#N)c5)ccc43)cc2C#N)c1. The molecule has 12 aromatic rings. The van der Waals surface area contributed by atoms with Crippen LogP contribution in [0.25, 0.3) is 111 Å². The lowest BCUT2D eigenvalue weighted by Crippen LogP contribution is -2.05. The molecule has 0 N–H and O–H groups in total. The van der Waals surface area contributed by atoms with E-state index in [4.69, 9.17) is 9.97 Å². The lowest BCUT2D eigenvalue weighted by atomic mass is 9.98. The summed E-state index contributed by atoms with van der Waals surface area (Å²) in [5.41, 5.74) is 14.0. The average molecular weight is 916 g/mol. The second kappa shape index (κ2) is 17.3. The number of aromatic nitrogens is 4. The number of nitrogens with zero attached hydrogens (tertiary/aromatic N) is 9. The molecule has 3 heterocycles. The Morgan fingerprint density at radius 3 is 1.25 bits per heavy atom. The Labute approximate surface area is 413 Å². The van der Waals surface area contributed by atoms with E-state index >= 15 is 0 Å². The van der Waals surface area contributed by atoms with E-state index in [1.165, 1.54) is 0 Å². The molecule has 0 radical (unpaired) electrons. The van der Waals surface area contributed by atoms with Crippen molar-refractivity contribution in [3.63, 3.8) is 0 Å². The fourth-order valence-electron chi connectivity index (χ4n) is 9.97. The van der Waals surface area contributed by atoms with Crippen LogP contribution < -0.4 is 0 Å². The fraction of sp³-hybridized carbons (Fsp3) is 0. The smallest absolute Gasteiger partial charge is 0.160 e. The summed E-state index contributed by atoms with van der Waals surface area (Å²) < 4.78 is 4.32. The van der Waals surface area contributed by atoms with Gasteiger partial charge in [0.2, 0.25) is 0 Å². The molecule has 0 aliphatic rings. The lowest BCUT2D eigenvalue weighted by molar-refractivity contribution is 1.12. The number of hydrogen-bond acceptors (Lipinski definition) is 7. The highest BCUT2D eigenvalue weighted by Crippen LogP contribution is 2.43. The van der Waals surface area contributed by atoms with E-state index in [9.17, 15) is 26.3 Å². The first-order chi connectivity index (χ1) is 35.4. The van der Waals surface area contributed by atoms with Crippen LogP contribution in [0.15, 0.2) is 200 Å². The van der Waals surface area contributed by atoms with Crippen LogP contribution in [0.3, 0.4) is 0 Å². The topological polar surface area (TPSA) is 155 Å². The summed E-state index contributed by atoms with van der Waals surface area (Å²) in [6, 6.07) is 76.3.